The van der Waals surface area contributed by atoms with Crippen LogP contribution < -0.4 is 0 Å². The summed E-state index contributed by atoms with van der Waals surface area (Å²) in [4.78, 5) is 0. The second kappa shape index (κ2) is 7.70. The number of para-hydroxylation sites is 1. The van der Waals surface area contributed by atoms with Crippen LogP contribution in [-0.4, -0.2) is 14.8 Å². The average molecular weight is 400 g/mol. The van der Waals surface area contributed by atoms with Crippen LogP contribution in [0.1, 0.15) is 11.4 Å². The molecule has 0 spiro atoms. The minimum Gasteiger partial charge on any atom is -0.270 e. The highest BCUT2D eigenvalue weighted by molar-refractivity contribution is 7.97. The van der Waals surface area contributed by atoms with Gasteiger partial charge in [-0.2, -0.15) is 5.10 Å². The van der Waals surface area contributed by atoms with Crippen molar-refractivity contribution in [1.29, 1.82) is 0 Å². The van der Waals surface area contributed by atoms with E-state index in [4.69, 9.17) is 35.4 Å². The fraction of sp³-hybridized carbons (Fsp3) is 0.125. The summed E-state index contributed by atoms with van der Waals surface area (Å²) in [5, 5.41) is 8.10. The molecule has 0 atom stereocenters. The SMILES string of the molecule is Fc1ccc(CSCc2n[nH]c(=S)n2-c2ccccc2Cl)c(Cl)c1. The minimum absolute atomic E-state index is 0.339. The molecule has 0 unspecified atom stereocenters. The van der Waals surface area contributed by atoms with Crippen LogP contribution in [0.5, 0.6) is 0 Å². The molecule has 8 heteroatoms. The maximum Gasteiger partial charge on any atom is 0.199 e. The van der Waals surface area contributed by atoms with Gasteiger partial charge >= 0.3 is 0 Å². The van der Waals surface area contributed by atoms with E-state index in [1.54, 1.807) is 23.9 Å². The number of nitrogens with one attached hydrogen (secondary N) is 1. The molecule has 124 valence electrons. The molecule has 3 nitrogen and oxygen atoms in total. The highest BCUT2D eigenvalue weighted by Crippen LogP contribution is 2.26. The predicted molar refractivity (Wildman–Crippen MR) is 100 cm³/mol. The molecule has 0 amide bonds. The van der Waals surface area contributed by atoms with Gasteiger partial charge in [-0.05, 0) is 42.0 Å². The van der Waals surface area contributed by atoms with Gasteiger partial charge in [0.15, 0.2) is 4.77 Å². The van der Waals surface area contributed by atoms with E-state index in [0.29, 0.717) is 26.3 Å². The second-order valence-electron chi connectivity index (χ2n) is 4.96. The van der Waals surface area contributed by atoms with Crippen LogP contribution >= 0.6 is 47.2 Å². The molecule has 3 rings (SSSR count). The maximum atomic E-state index is 13.1. The highest BCUT2D eigenvalue weighted by Gasteiger charge is 2.11. The van der Waals surface area contributed by atoms with Crippen LogP contribution in [0.3, 0.4) is 0 Å². The zero-order valence-corrected chi connectivity index (χ0v) is 15.4. The third kappa shape index (κ3) is 3.83. The van der Waals surface area contributed by atoms with Gasteiger partial charge < -0.3 is 0 Å². The summed E-state index contributed by atoms with van der Waals surface area (Å²) in [5.41, 5.74) is 1.66. The van der Waals surface area contributed by atoms with Gasteiger partial charge in [0.25, 0.3) is 0 Å². The molecular formula is C16H12Cl2FN3S2. The summed E-state index contributed by atoms with van der Waals surface area (Å²) in [7, 11) is 0. The Morgan fingerprint density at radius 3 is 2.67 bits per heavy atom. The van der Waals surface area contributed by atoms with Crippen LogP contribution in [0.25, 0.3) is 5.69 Å². The molecular weight excluding hydrogens is 388 g/mol. The van der Waals surface area contributed by atoms with E-state index in [9.17, 15) is 4.39 Å². The summed E-state index contributed by atoms with van der Waals surface area (Å²) >= 11 is 19.2. The standard InChI is InChI=1S/C16H12Cl2FN3S2/c17-12-3-1-2-4-14(12)22-15(20-21-16(22)23)9-24-8-10-5-6-11(19)7-13(10)18/h1-7H,8-9H2,(H,21,23). The average Bonchev–Trinajstić information content (AvgIpc) is 2.91. The Labute approximate surface area is 157 Å². The summed E-state index contributed by atoms with van der Waals surface area (Å²) in [5.74, 6) is 1.66. The first-order valence-corrected chi connectivity index (χ1v) is 9.31. The summed E-state index contributed by atoms with van der Waals surface area (Å²) in [6, 6.07) is 11.9. The van der Waals surface area contributed by atoms with Gasteiger partial charge in [-0.15, -0.1) is 11.8 Å². The molecule has 0 saturated heterocycles. The zero-order valence-electron chi connectivity index (χ0n) is 12.3. The van der Waals surface area contributed by atoms with Gasteiger partial charge in [0.1, 0.15) is 11.6 Å². The topological polar surface area (TPSA) is 33.6 Å². The second-order valence-corrected chi connectivity index (χ2v) is 7.15. The predicted octanol–water partition coefficient (Wildman–Crippen LogP) is 5.81. The molecule has 0 fully saturated rings. The van der Waals surface area contributed by atoms with E-state index < -0.39 is 0 Å². The number of aromatic nitrogens is 3. The van der Waals surface area contributed by atoms with Crippen molar-refractivity contribution in [3.63, 3.8) is 0 Å². The number of hydrogen-bond acceptors (Lipinski definition) is 3. The van der Waals surface area contributed by atoms with Crippen molar-refractivity contribution in [1.82, 2.24) is 14.8 Å². The lowest BCUT2D eigenvalue weighted by Gasteiger charge is -2.09. The van der Waals surface area contributed by atoms with E-state index in [-0.39, 0.29) is 5.82 Å². The van der Waals surface area contributed by atoms with Crippen LogP contribution in [0.2, 0.25) is 10.0 Å². The number of aromatic amines is 1. The molecule has 3 aromatic rings. The first-order valence-electron chi connectivity index (χ1n) is 6.99. The lowest BCUT2D eigenvalue weighted by atomic mass is 10.2. The van der Waals surface area contributed by atoms with Gasteiger partial charge in [-0.3, -0.25) is 9.67 Å². The molecule has 1 N–H and O–H groups in total. The van der Waals surface area contributed by atoms with E-state index in [2.05, 4.69) is 10.2 Å². The number of nitrogens with zero attached hydrogens (tertiary/aromatic N) is 2. The molecule has 0 aliphatic rings. The molecule has 0 bridgehead atoms. The van der Waals surface area contributed by atoms with Gasteiger partial charge in [-0.1, -0.05) is 41.4 Å². The third-order valence-electron chi connectivity index (χ3n) is 3.34. The quantitative estimate of drug-likeness (QED) is 0.549. The number of hydrogen-bond donors (Lipinski definition) is 1. The van der Waals surface area contributed by atoms with Gasteiger partial charge in [0.2, 0.25) is 0 Å². The zero-order chi connectivity index (χ0) is 17.1. The lowest BCUT2D eigenvalue weighted by Crippen LogP contribution is -2.01. The van der Waals surface area contributed by atoms with Crippen molar-refractivity contribution < 1.29 is 4.39 Å². The molecule has 0 aliphatic heterocycles. The Balaban J connectivity index is 1.77. The van der Waals surface area contributed by atoms with Crippen molar-refractivity contribution in [2.75, 3.05) is 0 Å². The third-order valence-corrected chi connectivity index (χ3v) is 5.26. The van der Waals surface area contributed by atoms with E-state index in [1.165, 1.54) is 12.1 Å². The number of halogens is 3. The fourth-order valence-corrected chi connectivity index (χ4v) is 3.93. The van der Waals surface area contributed by atoms with Crippen molar-refractivity contribution in [3.05, 3.63) is 74.5 Å². The van der Waals surface area contributed by atoms with Crippen molar-refractivity contribution in [2.24, 2.45) is 0 Å². The Morgan fingerprint density at radius 1 is 1.12 bits per heavy atom. The Bertz CT molecular complexity index is 924. The van der Waals surface area contributed by atoms with E-state index in [0.717, 1.165) is 17.1 Å². The van der Waals surface area contributed by atoms with E-state index >= 15 is 0 Å². The van der Waals surface area contributed by atoms with Gasteiger partial charge in [0.05, 0.1) is 16.5 Å². The minimum atomic E-state index is -0.339. The monoisotopic (exact) mass is 399 g/mol. The largest absolute Gasteiger partial charge is 0.270 e. The van der Waals surface area contributed by atoms with E-state index in [1.807, 2.05) is 22.8 Å². The van der Waals surface area contributed by atoms with Gasteiger partial charge in [0, 0.05) is 10.8 Å². The number of benzene rings is 2. The Kier molecular flexibility index (Phi) is 5.61. The smallest absolute Gasteiger partial charge is 0.199 e. The summed E-state index contributed by atoms with van der Waals surface area (Å²) in [6.45, 7) is 0. The molecule has 24 heavy (non-hydrogen) atoms. The van der Waals surface area contributed by atoms with Crippen LogP contribution in [0.15, 0.2) is 42.5 Å². The Morgan fingerprint density at radius 2 is 1.92 bits per heavy atom. The molecule has 0 radical (unpaired) electrons. The molecule has 1 aromatic heterocycles. The maximum absolute atomic E-state index is 13.1. The first kappa shape index (κ1) is 17.5. The molecule has 0 saturated carbocycles. The van der Waals surface area contributed by atoms with Crippen LogP contribution in [0.4, 0.5) is 4.39 Å². The molecule has 1 heterocycles. The van der Waals surface area contributed by atoms with Gasteiger partial charge in [-0.25, -0.2) is 4.39 Å². The summed E-state index contributed by atoms with van der Waals surface area (Å²) in [6.07, 6.45) is 0. The molecule has 0 aliphatic carbocycles. The normalized spacial score (nSPS) is 11.0. The lowest BCUT2D eigenvalue weighted by molar-refractivity contribution is 0.627. The number of thioether (sulfide) groups is 1. The van der Waals surface area contributed by atoms with Crippen molar-refractivity contribution >= 4 is 47.2 Å². The van der Waals surface area contributed by atoms with Crippen LogP contribution in [-0.2, 0) is 11.5 Å². The summed E-state index contributed by atoms with van der Waals surface area (Å²) < 4.78 is 15.4. The number of rotatable bonds is 5. The van der Waals surface area contributed by atoms with Crippen LogP contribution in [0, 0.1) is 10.6 Å². The van der Waals surface area contributed by atoms with Crippen molar-refractivity contribution in [2.45, 2.75) is 11.5 Å². The number of H-pyrrole nitrogens is 1. The van der Waals surface area contributed by atoms with Crippen molar-refractivity contribution in [3.8, 4) is 5.69 Å². The molecule has 2 aromatic carbocycles. The highest BCUT2D eigenvalue weighted by atomic mass is 35.5. The first-order chi connectivity index (χ1) is 11.6. The fourth-order valence-electron chi connectivity index (χ4n) is 2.20. The Hall–Kier alpha value is -1.34.